The van der Waals surface area contributed by atoms with Crippen LogP contribution in [0.5, 0.6) is 0 Å². The minimum Gasteiger partial charge on any atom is -0.422 e. The molecule has 0 aliphatic carbocycles. The molecule has 178 valence electrons. The first-order chi connectivity index (χ1) is 15.9. The van der Waals surface area contributed by atoms with E-state index in [0.29, 0.717) is 29.0 Å². The summed E-state index contributed by atoms with van der Waals surface area (Å²) < 4.78 is 0.433. The van der Waals surface area contributed by atoms with Gasteiger partial charge in [0.25, 0.3) is 0 Å². The normalized spacial score (nSPS) is 13.0. The Morgan fingerprint density at radius 3 is 2.21 bits per heavy atom. The maximum Gasteiger partial charge on any atom is 0.384 e. The van der Waals surface area contributed by atoms with E-state index < -0.39 is 5.69 Å². The maximum absolute atomic E-state index is 11.8. The first-order valence-electron chi connectivity index (χ1n) is 10.9. The maximum atomic E-state index is 11.8. The van der Waals surface area contributed by atoms with Crippen LogP contribution in [0.15, 0.2) is 47.4 Å². The van der Waals surface area contributed by atoms with Crippen LogP contribution in [0.4, 0.5) is 17.2 Å². The smallest absolute Gasteiger partial charge is 0.384 e. The molecule has 1 fully saturated rings. The van der Waals surface area contributed by atoms with Crippen LogP contribution in [0.1, 0.15) is 13.8 Å². The molecule has 10 nitrogen and oxygen atoms in total. The van der Waals surface area contributed by atoms with Crippen LogP contribution < -0.4 is 15.9 Å². The van der Waals surface area contributed by atoms with Gasteiger partial charge in [0.15, 0.2) is 5.65 Å². The van der Waals surface area contributed by atoms with Crippen LogP contribution in [0.3, 0.4) is 0 Å². The van der Waals surface area contributed by atoms with Crippen molar-refractivity contribution >= 4 is 34.6 Å². The Bertz CT molecular complexity index is 1070. The lowest BCUT2D eigenvalue weighted by Gasteiger charge is -2.34. The second-order valence-electron chi connectivity index (χ2n) is 7.57. The van der Waals surface area contributed by atoms with Crippen molar-refractivity contribution in [2.75, 3.05) is 57.5 Å². The Kier molecular flexibility index (Phi) is 9.62. The molecule has 3 aromatic rings. The summed E-state index contributed by atoms with van der Waals surface area (Å²) in [5.74, 6) is 0.334. The van der Waals surface area contributed by atoms with Crippen molar-refractivity contribution in [2.45, 2.75) is 13.8 Å². The van der Waals surface area contributed by atoms with Crippen molar-refractivity contribution in [1.29, 1.82) is 0 Å². The summed E-state index contributed by atoms with van der Waals surface area (Å²) in [6.07, 6.45) is 2.38. The molecule has 1 aliphatic rings. The van der Waals surface area contributed by atoms with Gasteiger partial charge in [-0.25, -0.2) is 9.78 Å². The van der Waals surface area contributed by atoms with Crippen molar-refractivity contribution in [3.63, 3.8) is 0 Å². The first-order valence-corrected chi connectivity index (χ1v) is 10.9. The molecule has 0 spiro atoms. The predicted molar refractivity (Wildman–Crippen MR) is 132 cm³/mol. The van der Waals surface area contributed by atoms with Gasteiger partial charge < -0.3 is 25.2 Å². The molecular weight excluding hydrogens is 422 g/mol. The number of hydrogen-bond acceptors (Lipinski definition) is 8. The molecule has 0 bridgehead atoms. The molecule has 3 heterocycles. The highest BCUT2D eigenvalue weighted by Gasteiger charge is 2.16. The van der Waals surface area contributed by atoms with Gasteiger partial charge in [0, 0.05) is 43.8 Å². The molecule has 1 aliphatic heterocycles. The zero-order chi connectivity index (χ0) is 24.4. The van der Waals surface area contributed by atoms with E-state index in [4.69, 9.17) is 0 Å². The van der Waals surface area contributed by atoms with E-state index in [2.05, 4.69) is 20.2 Å². The van der Waals surface area contributed by atoms with Crippen molar-refractivity contribution in [1.82, 2.24) is 24.5 Å². The lowest BCUT2D eigenvalue weighted by atomic mass is 10.2. The van der Waals surface area contributed by atoms with Crippen LogP contribution in [-0.2, 0) is 4.79 Å². The zero-order valence-corrected chi connectivity index (χ0v) is 19.9. The topological polar surface area (TPSA) is 107 Å². The molecule has 2 N–H and O–H groups in total. The number of nitrogens with one attached hydrogen (secondary N) is 1. The Balaban J connectivity index is 0.000000582. The van der Waals surface area contributed by atoms with Crippen LogP contribution >= 0.6 is 0 Å². The zero-order valence-electron chi connectivity index (χ0n) is 19.9. The average molecular weight is 456 g/mol. The first kappa shape index (κ1) is 25.6. The van der Waals surface area contributed by atoms with Crippen molar-refractivity contribution in [3.05, 3.63) is 53.1 Å². The number of amides is 1. The molecule has 1 aromatic carbocycles. The number of fused-ring (bicyclic) bond motifs is 1. The van der Waals surface area contributed by atoms with E-state index in [1.807, 2.05) is 64.2 Å². The van der Waals surface area contributed by atoms with Crippen molar-refractivity contribution in [3.8, 4) is 0 Å². The van der Waals surface area contributed by atoms with Gasteiger partial charge in [0.2, 0.25) is 6.41 Å². The number of hydrogen-bond donors (Lipinski definition) is 2. The Hall–Kier alpha value is -3.66. The van der Waals surface area contributed by atoms with E-state index in [-0.39, 0.29) is 5.65 Å². The third-order valence-electron chi connectivity index (χ3n) is 4.59. The molecular formula is C23H33N7O3. The number of piperazine rings is 1. The molecule has 1 amide bonds. The third kappa shape index (κ3) is 6.91. The standard InChI is InChI=1S/C18H18N6O3.C3H9N.C2H6/c25-12-22-8-10-23(11-9-22)14-5-3-13(4-6-14)20-16-15-2-1-7-19-17(15)24(27)18(26)21-16;1-4(2)3;1-2/h1-7,12,27H,8-11H2,(H,20,21,26);1-3H3;1-2H3. The summed E-state index contributed by atoms with van der Waals surface area (Å²) >= 11 is 0. The fraction of sp³-hybridized carbons (Fsp3) is 0.391. The SMILES string of the molecule is CC.CN(C)C.O=CN1CCN(c2ccc(Nc3nc(=O)n(O)c4ncccc34)cc2)CC1. The van der Waals surface area contributed by atoms with Gasteiger partial charge in [0.05, 0.1) is 5.39 Å². The number of nitrogens with zero attached hydrogens (tertiary/aromatic N) is 6. The summed E-state index contributed by atoms with van der Waals surface area (Å²) in [6, 6.07) is 11.2. The number of aromatic nitrogens is 3. The molecule has 10 heteroatoms. The molecule has 0 saturated carbocycles. The third-order valence-corrected chi connectivity index (χ3v) is 4.59. The lowest BCUT2D eigenvalue weighted by molar-refractivity contribution is -0.118. The summed E-state index contributed by atoms with van der Waals surface area (Å²) in [6.45, 7) is 7.00. The van der Waals surface area contributed by atoms with Gasteiger partial charge in [-0.05, 0) is 57.5 Å². The molecule has 4 rings (SSSR count). The Morgan fingerprint density at radius 2 is 1.64 bits per heavy atom. The van der Waals surface area contributed by atoms with E-state index >= 15 is 0 Å². The highest BCUT2D eigenvalue weighted by molar-refractivity contribution is 5.88. The summed E-state index contributed by atoms with van der Waals surface area (Å²) in [5.41, 5.74) is 1.17. The molecule has 0 unspecified atom stereocenters. The van der Waals surface area contributed by atoms with Crippen molar-refractivity contribution < 1.29 is 10.0 Å². The number of carbonyl (C=O) groups excluding carboxylic acids is 1. The monoisotopic (exact) mass is 455 g/mol. The summed E-state index contributed by atoms with van der Waals surface area (Å²) in [5, 5.41) is 13.4. The minimum absolute atomic E-state index is 0.143. The van der Waals surface area contributed by atoms with Gasteiger partial charge in [-0.1, -0.05) is 13.8 Å². The van der Waals surface area contributed by atoms with Crippen LogP contribution in [-0.4, -0.2) is 83.4 Å². The predicted octanol–water partition coefficient (Wildman–Crippen LogP) is 2.25. The molecule has 0 radical (unpaired) electrons. The number of anilines is 3. The van der Waals surface area contributed by atoms with E-state index in [9.17, 15) is 14.8 Å². The van der Waals surface area contributed by atoms with Crippen LogP contribution in [0, 0.1) is 0 Å². The Labute approximate surface area is 194 Å². The van der Waals surface area contributed by atoms with Crippen molar-refractivity contribution in [2.24, 2.45) is 0 Å². The van der Waals surface area contributed by atoms with Gasteiger partial charge in [-0.3, -0.25) is 4.79 Å². The summed E-state index contributed by atoms with van der Waals surface area (Å²) in [4.78, 5) is 36.5. The minimum atomic E-state index is -0.798. The number of pyridine rings is 1. The lowest BCUT2D eigenvalue weighted by Crippen LogP contribution is -2.45. The fourth-order valence-corrected chi connectivity index (χ4v) is 3.12. The second-order valence-corrected chi connectivity index (χ2v) is 7.57. The van der Waals surface area contributed by atoms with E-state index in [1.54, 1.807) is 17.0 Å². The largest absolute Gasteiger partial charge is 0.422 e. The van der Waals surface area contributed by atoms with Gasteiger partial charge in [-0.2, -0.15) is 4.98 Å². The highest BCUT2D eigenvalue weighted by Crippen LogP contribution is 2.24. The molecule has 0 atom stereocenters. The quantitative estimate of drug-likeness (QED) is 0.456. The van der Waals surface area contributed by atoms with Gasteiger partial charge in [-0.15, -0.1) is 4.73 Å². The number of carbonyl (C=O) groups is 1. The van der Waals surface area contributed by atoms with Crippen LogP contribution in [0.2, 0.25) is 0 Å². The van der Waals surface area contributed by atoms with Crippen LogP contribution in [0.25, 0.3) is 11.0 Å². The highest BCUT2D eigenvalue weighted by atomic mass is 16.5. The van der Waals surface area contributed by atoms with E-state index in [1.165, 1.54) is 6.20 Å². The van der Waals surface area contributed by atoms with Gasteiger partial charge in [0.1, 0.15) is 5.82 Å². The average Bonchev–Trinajstić information content (AvgIpc) is 2.84. The number of benzene rings is 1. The molecule has 33 heavy (non-hydrogen) atoms. The summed E-state index contributed by atoms with van der Waals surface area (Å²) in [7, 11) is 6.00. The fourth-order valence-electron chi connectivity index (χ4n) is 3.12. The Morgan fingerprint density at radius 1 is 1.03 bits per heavy atom. The van der Waals surface area contributed by atoms with Gasteiger partial charge >= 0.3 is 5.69 Å². The second kappa shape index (κ2) is 12.4. The number of rotatable bonds is 4. The van der Waals surface area contributed by atoms with E-state index in [0.717, 1.165) is 30.9 Å². The molecule has 2 aromatic heterocycles. The molecule has 1 saturated heterocycles.